The van der Waals surface area contributed by atoms with E-state index < -0.39 is 0 Å². The van der Waals surface area contributed by atoms with Crippen molar-refractivity contribution >= 4 is 29.1 Å². The van der Waals surface area contributed by atoms with Gasteiger partial charge in [-0.05, 0) is 75.2 Å². The average Bonchev–Trinajstić information content (AvgIpc) is 2.87. The molecule has 1 saturated heterocycles. The Balaban J connectivity index is 1.31. The number of pyridine rings is 1. The maximum Gasteiger partial charge on any atom is 0.229 e. The van der Waals surface area contributed by atoms with E-state index in [9.17, 15) is 5.11 Å². The SMILES string of the molecule is OC1CCC(Nc2nc(Nc3ccnc(Cl)c3)ncc2C2CCN(Cc3ccccc3)CC2)CC1. The van der Waals surface area contributed by atoms with Crippen LogP contribution in [0.2, 0.25) is 5.15 Å². The number of likely N-dealkylation sites (tertiary alicyclic amines) is 1. The maximum absolute atomic E-state index is 9.93. The zero-order valence-corrected chi connectivity index (χ0v) is 20.7. The van der Waals surface area contributed by atoms with Crippen LogP contribution in [0.15, 0.2) is 54.9 Å². The molecule has 1 saturated carbocycles. The molecule has 1 aliphatic carbocycles. The maximum atomic E-state index is 9.93. The monoisotopic (exact) mass is 492 g/mol. The van der Waals surface area contributed by atoms with Crippen LogP contribution in [0.5, 0.6) is 0 Å². The van der Waals surface area contributed by atoms with Crippen molar-refractivity contribution in [1.29, 1.82) is 0 Å². The Morgan fingerprint density at radius 3 is 2.49 bits per heavy atom. The molecule has 2 fully saturated rings. The van der Waals surface area contributed by atoms with Gasteiger partial charge in [0.15, 0.2) is 0 Å². The minimum Gasteiger partial charge on any atom is -0.393 e. The molecule has 0 unspecified atom stereocenters. The van der Waals surface area contributed by atoms with E-state index in [4.69, 9.17) is 16.6 Å². The van der Waals surface area contributed by atoms with Crippen molar-refractivity contribution in [3.8, 4) is 0 Å². The van der Waals surface area contributed by atoms with Gasteiger partial charge in [0.05, 0.1) is 6.10 Å². The predicted molar refractivity (Wildman–Crippen MR) is 140 cm³/mol. The Hall–Kier alpha value is -2.74. The van der Waals surface area contributed by atoms with E-state index in [0.29, 0.717) is 23.1 Å². The Morgan fingerprint density at radius 1 is 0.971 bits per heavy atom. The molecular weight excluding hydrogens is 460 g/mol. The van der Waals surface area contributed by atoms with E-state index in [1.165, 1.54) is 11.1 Å². The minimum absolute atomic E-state index is 0.180. The lowest BCUT2D eigenvalue weighted by atomic mass is 9.89. The molecule has 0 amide bonds. The number of aliphatic hydroxyl groups excluding tert-OH is 1. The molecule has 1 aromatic carbocycles. The molecule has 2 aliphatic rings. The molecule has 0 atom stereocenters. The quantitative estimate of drug-likeness (QED) is 0.382. The molecule has 1 aliphatic heterocycles. The second kappa shape index (κ2) is 11.3. The Labute approximate surface area is 212 Å². The smallest absolute Gasteiger partial charge is 0.229 e. The van der Waals surface area contributed by atoms with Gasteiger partial charge in [0.1, 0.15) is 11.0 Å². The summed E-state index contributed by atoms with van der Waals surface area (Å²) >= 11 is 6.04. The van der Waals surface area contributed by atoms with Crippen molar-refractivity contribution in [3.05, 3.63) is 71.1 Å². The largest absolute Gasteiger partial charge is 0.393 e. The van der Waals surface area contributed by atoms with Gasteiger partial charge in [-0.3, -0.25) is 4.90 Å². The van der Waals surface area contributed by atoms with E-state index >= 15 is 0 Å². The standard InChI is InChI=1S/C27H33ClN6O/c28-25-16-22(10-13-29-25)32-27-30-17-24(26(33-27)31-21-6-8-23(35)9-7-21)20-11-14-34(15-12-20)18-19-4-2-1-3-5-19/h1-5,10,13,16-17,20-21,23,35H,6-9,11-12,14-15,18H2,(H2,29,30,31,32,33). The topological polar surface area (TPSA) is 86.2 Å². The summed E-state index contributed by atoms with van der Waals surface area (Å²) in [6.07, 6.45) is 9.19. The number of hydrogen-bond acceptors (Lipinski definition) is 7. The number of aliphatic hydroxyl groups is 1. The Bertz CT molecular complexity index is 1100. The highest BCUT2D eigenvalue weighted by Gasteiger charge is 2.26. The lowest BCUT2D eigenvalue weighted by Gasteiger charge is -2.33. The fourth-order valence-electron chi connectivity index (χ4n) is 5.13. The summed E-state index contributed by atoms with van der Waals surface area (Å²) in [7, 11) is 0. The molecule has 184 valence electrons. The summed E-state index contributed by atoms with van der Waals surface area (Å²) in [6, 6.07) is 14.6. The van der Waals surface area contributed by atoms with Crippen LogP contribution >= 0.6 is 11.6 Å². The molecule has 3 aromatic rings. The number of nitrogens with zero attached hydrogens (tertiary/aromatic N) is 4. The van der Waals surface area contributed by atoms with Crippen molar-refractivity contribution in [1.82, 2.24) is 19.9 Å². The number of piperidine rings is 1. The lowest BCUT2D eigenvalue weighted by molar-refractivity contribution is 0.126. The van der Waals surface area contributed by atoms with Crippen molar-refractivity contribution in [2.75, 3.05) is 23.7 Å². The van der Waals surface area contributed by atoms with Crippen molar-refractivity contribution in [3.63, 3.8) is 0 Å². The fourth-order valence-corrected chi connectivity index (χ4v) is 5.31. The molecule has 0 radical (unpaired) electrons. The lowest BCUT2D eigenvalue weighted by Crippen LogP contribution is -2.33. The number of halogens is 1. The Kier molecular flexibility index (Phi) is 7.76. The van der Waals surface area contributed by atoms with E-state index in [1.807, 2.05) is 12.3 Å². The molecule has 3 heterocycles. The van der Waals surface area contributed by atoms with Gasteiger partial charge in [-0.1, -0.05) is 41.9 Å². The van der Waals surface area contributed by atoms with E-state index in [1.54, 1.807) is 12.3 Å². The van der Waals surface area contributed by atoms with E-state index in [2.05, 4.69) is 55.8 Å². The zero-order valence-electron chi connectivity index (χ0n) is 19.9. The summed E-state index contributed by atoms with van der Waals surface area (Å²) in [6.45, 7) is 3.12. The summed E-state index contributed by atoms with van der Waals surface area (Å²) < 4.78 is 0. The third-order valence-corrected chi connectivity index (χ3v) is 7.32. The molecule has 2 aromatic heterocycles. The number of hydrogen-bond donors (Lipinski definition) is 3. The van der Waals surface area contributed by atoms with Crippen molar-refractivity contribution in [2.45, 2.75) is 63.1 Å². The van der Waals surface area contributed by atoms with Crippen LogP contribution in [-0.4, -0.2) is 50.2 Å². The van der Waals surface area contributed by atoms with E-state index in [-0.39, 0.29) is 6.10 Å². The highest BCUT2D eigenvalue weighted by atomic mass is 35.5. The Morgan fingerprint density at radius 2 is 1.74 bits per heavy atom. The van der Waals surface area contributed by atoms with Gasteiger partial charge in [-0.25, -0.2) is 9.97 Å². The van der Waals surface area contributed by atoms with Gasteiger partial charge in [-0.15, -0.1) is 0 Å². The zero-order chi connectivity index (χ0) is 24.0. The normalized spacial score (nSPS) is 21.5. The number of benzene rings is 1. The predicted octanol–water partition coefficient (Wildman–Crippen LogP) is 5.36. The van der Waals surface area contributed by atoms with Gasteiger partial charge >= 0.3 is 0 Å². The van der Waals surface area contributed by atoms with Gasteiger partial charge in [-0.2, -0.15) is 4.98 Å². The number of nitrogens with one attached hydrogen (secondary N) is 2. The summed E-state index contributed by atoms with van der Waals surface area (Å²) in [5.74, 6) is 1.87. The van der Waals surface area contributed by atoms with E-state index in [0.717, 1.165) is 69.7 Å². The summed E-state index contributed by atoms with van der Waals surface area (Å²) in [5.41, 5.74) is 3.36. The highest BCUT2D eigenvalue weighted by Crippen LogP contribution is 2.34. The van der Waals surface area contributed by atoms with Gasteiger partial charge in [0.25, 0.3) is 0 Å². The van der Waals surface area contributed by atoms with Crippen LogP contribution in [0.4, 0.5) is 17.5 Å². The van der Waals surface area contributed by atoms with Crippen molar-refractivity contribution < 1.29 is 5.11 Å². The molecule has 5 rings (SSSR count). The summed E-state index contributed by atoms with van der Waals surface area (Å²) in [4.78, 5) is 16.1. The fraction of sp³-hybridized carbons (Fsp3) is 0.444. The second-order valence-electron chi connectivity index (χ2n) is 9.68. The van der Waals surface area contributed by atoms with Crippen LogP contribution in [0, 0.1) is 0 Å². The number of aromatic nitrogens is 3. The molecule has 0 spiro atoms. The van der Waals surface area contributed by atoms with Crippen LogP contribution in [0.3, 0.4) is 0 Å². The first-order chi connectivity index (χ1) is 17.1. The average molecular weight is 493 g/mol. The second-order valence-corrected chi connectivity index (χ2v) is 10.1. The van der Waals surface area contributed by atoms with Crippen LogP contribution in [-0.2, 0) is 6.54 Å². The van der Waals surface area contributed by atoms with Gasteiger partial charge < -0.3 is 15.7 Å². The molecule has 7 nitrogen and oxygen atoms in total. The molecule has 8 heteroatoms. The summed E-state index contributed by atoms with van der Waals surface area (Å²) in [5, 5.41) is 17.3. The van der Waals surface area contributed by atoms with Crippen LogP contribution < -0.4 is 10.6 Å². The number of rotatable bonds is 7. The van der Waals surface area contributed by atoms with Gasteiger partial charge in [0, 0.05) is 36.2 Å². The third kappa shape index (κ3) is 6.48. The van der Waals surface area contributed by atoms with Crippen LogP contribution in [0.1, 0.15) is 55.6 Å². The molecule has 35 heavy (non-hydrogen) atoms. The number of anilines is 3. The van der Waals surface area contributed by atoms with Gasteiger partial charge in [0.2, 0.25) is 5.95 Å². The minimum atomic E-state index is -0.180. The highest BCUT2D eigenvalue weighted by molar-refractivity contribution is 6.29. The van der Waals surface area contributed by atoms with Crippen molar-refractivity contribution in [2.24, 2.45) is 0 Å². The molecule has 0 bridgehead atoms. The first-order valence-corrected chi connectivity index (χ1v) is 13.0. The molecule has 3 N–H and O–H groups in total. The first-order valence-electron chi connectivity index (χ1n) is 12.6. The molecular formula is C27H33ClN6O. The van der Waals surface area contributed by atoms with Crippen LogP contribution in [0.25, 0.3) is 0 Å². The third-order valence-electron chi connectivity index (χ3n) is 7.11. The first kappa shape index (κ1) is 24.0.